The highest BCUT2D eigenvalue weighted by molar-refractivity contribution is 5.51. The van der Waals surface area contributed by atoms with E-state index < -0.39 is 6.10 Å². The summed E-state index contributed by atoms with van der Waals surface area (Å²) in [4.78, 5) is 4.43. The van der Waals surface area contributed by atoms with Crippen molar-refractivity contribution in [2.24, 2.45) is 0 Å². The van der Waals surface area contributed by atoms with Crippen molar-refractivity contribution in [2.75, 3.05) is 66.7 Å². The number of aliphatic hydroxyl groups is 2. The molecular formula is C17H28N2O5. The minimum Gasteiger partial charge on any atom is -0.493 e. The summed E-state index contributed by atoms with van der Waals surface area (Å²) in [6.45, 7) is 5.23. The molecule has 7 nitrogen and oxygen atoms in total. The van der Waals surface area contributed by atoms with E-state index in [1.54, 1.807) is 26.4 Å². The summed E-state index contributed by atoms with van der Waals surface area (Å²) in [7, 11) is 3.15. The first kappa shape index (κ1) is 18.8. The first-order chi connectivity index (χ1) is 11.7. The first-order valence-electron chi connectivity index (χ1n) is 8.25. The Morgan fingerprint density at radius 3 is 2.17 bits per heavy atom. The van der Waals surface area contributed by atoms with Gasteiger partial charge in [-0.25, -0.2) is 0 Å². The van der Waals surface area contributed by atoms with Gasteiger partial charge in [0.1, 0.15) is 12.7 Å². The molecule has 1 aliphatic rings. The Bertz CT molecular complexity index is 470. The zero-order chi connectivity index (χ0) is 17.4. The molecule has 0 saturated carbocycles. The lowest BCUT2D eigenvalue weighted by atomic mass is 10.2. The van der Waals surface area contributed by atoms with Gasteiger partial charge in [0, 0.05) is 39.3 Å². The normalized spacial score (nSPS) is 17.5. The Kier molecular flexibility index (Phi) is 7.58. The lowest BCUT2D eigenvalue weighted by Crippen LogP contribution is -2.49. The van der Waals surface area contributed by atoms with Crippen molar-refractivity contribution in [2.45, 2.75) is 6.10 Å². The predicted octanol–water partition coefficient (Wildman–Crippen LogP) is 0.0534. The van der Waals surface area contributed by atoms with Crippen LogP contribution in [0.4, 0.5) is 0 Å². The number of hydrogen-bond donors (Lipinski definition) is 2. The fourth-order valence-corrected chi connectivity index (χ4v) is 2.83. The highest BCUT2D eigenvalue weighted by Gasteiger charge is 2.20. The molecule has 1 saturated heterocycles. The maximum Gasteiger partial charge on any atom is 0.203 e. The average molecular weight is 340 g/mol. The smallest absolute Gasteiger partial charge is 0.203 e. The Hall–Kier alpha value is -1.54. The highest BCUT2D eigenvalue weighted by atomic mass is 16.5. The van der Waals surface area contributed by atoms with Crippen LogP contribution in [0.2, 0.25) is 0 Å². The SMILES string of the molecule is COc1cccc(OC)c1OC[C@H](O)CN1CCN(CCO)CC1. The van der Waals surface area contributed by atoms with Crippen molar-refractivity contribution in [1.29, 1.82) is 0 Å². The van der Waals surface area contributed by atoms with Crippen LogP contribution in [0.3, 0.4) is 0 Å². The van der Waals surface area contributed by atoms with Gasteiger partial charge in [-0.3, -0.25) is 9.80 Å². The molecule has 0 unspecified atom stereocenters. The average Bonchev–Trinajstić information content (AvgIpc) is 2.61. The van der Waals surface area contributed by atoms with Crippen molar-refractivity contribution in [1.82, 2.24) is 9.80 Å². The molecule has 1 aromatic carbocycles. The molecule has 1 aromatic rings. The molecule has 1 aliphatic heterocycles. The number of ether oxygens (including phenoxy) is 3. The summed E-state index contributed by atoms with van der Waals surface area (Å²) < 4.78 is 16.3. The van der Waals surface area contributed by atoms with E-state index >= 15 is 0 Å². The maximum atomic E-state index is 10.3. The molecule has 0 aliphatic carbocycles. The van der Waals surface area contributed by atoms with Crippen molar-refractivity contribution in [3.8, 4) is 17.2 Å². The van der Waals surface area contributed by atoms with Gasteiger partial charge in [0.25, 0.3) is 0 Å². The molecule has 136 valence electrons. The summed E-state index contributed by atoms with van der Waals surface area (Å²) in [5.41, 5.74) is 0. The maximum absolute atomic E-state index is 10.3. The van der Waals surface area contributed by atoms with Crippen LogP contribution in [0, 0.1) is 0 Å². The molecule has 0 aromatic heterocycles. The Balaban J connectivity index is 1.81. The van der Waals surface area contributed by atoms with Gasteiger partial charge in [-0.05, 0) is 12.1 Å². The summed E-state index contributed by atoms with van der Waals surface area (Å²) in [6, 6.07) is 5.42. The number of methoxy groups -OCH3 is 2. The molecule has 0 spiro atoms. The fraction of sp³-hybridized carbons (Fsp3) is 0.647. The number of β-amino-alcohol motifs (C(OH)–C–C–N with tert-alkyl or cyclic N) is 2. The van der Waals surface area contributed by atoms with Crippen molar-refractivity contribution >= 4 is 0 Å². The summed E-state index contributed by atoms with van der Waals surface area (Å²) in [6.07, 6.45) is -0.594. The summed E-state index contributed by atoms with van der Waals surface area (Å²) in [5, 5.41) is 19.2. The Morgan fingerprint density at radius 1 is 1.04 bits per heavy atom. The van der Waals surface area contributed by atoms with E-state index in [-0.39, 0.29) is 13.2 Å². The van der Waals surface area contributed by atoms with Gasteiger partial charge in [-0.15, -0.1) is 0 Å². The minimum absolute atomic E-state index is 0.174. The molecule has 0 radical (unpaired) electrons. The molecule has 24 heavy (non-hydrogen) atoms. The van der Waals surface area contributed by atoms with Crippen LogP contribution in [0.5, 0.6) is 17.2 Å². The van der Waals surface area contributed by atoms with Gasteiger partial charge in [-0.2, -0.15) is 0 Å². The zero-order valence-corrected chi connectivity index (χ0v) is 14.5. The fourth-order valence-electron chi connectivity index (χ4n) is 2.83. The van der Waals surface area contributed by atoms with E-state index in [0.29, 0.717) is 30.3 Å². The summed E-state index contributed by atoms with van der Waals surface area (Å²) >= 11 is 0. The van der Waals surface area contributed by atoms with Gasteiger partial charge in [-0.1, -0.05) is 6.07 Å². The molecule has 1 heterocycles. The third-order valence-electron chi connectivity index (χ3n) is 4.15. The van der Waals surface area contributed by atoms with Crippen LogP contribution >= 0.6 is 0 Å². The minimum atomic E-state index is -0.594. The van der Waals surface area contributed by atoms with Gasteiger partial charge < -0.3 is 24.4 Å². The largest absolute Gasteiger partial charge is 0.493 e. The molecule has 1 fully saturated rings. The van der Waals surface area contributed by atoms with E-state index in [4.69, 9.17) is 19.3 Å². The third-order valence-corrected chi connectivity index (χ3v) is 4.15. The zero-order valence-electron chi connectivity index (χ0n) is 14.5. The number of hydrogen-bond acceptors (Lipinski definition) is 7. The molecule has 2 N–H and O–H groups in total. The first-order valence-corrected chi connectivity index (χ1v) is 8.25. The Labute approximate surface area is 143 Å². The van der Waals surface area contributed by atoms with Gasteiger partial charge in [0.2, 0.25) is 5.75 Å². The van der Waals surface area contributed by atoms with Crippen LogP contribution < -0.4 is 14.2 Å². The molecule has 1 atom stereocenters. The van der Waals surface area contributed by atoms with Crippen LogP contribution in [-0.2, 0) is 0 Å². The number of rotatable bonds is 9. The van der Waals surface area contributed by atoms with Gasteiger partial charge in [0.15, 0.2) is 11.5 Å². The van der Waals surface area contributed by atoms with Gasteiger partial charge in [0.05, 0.1) is 20.8 Å². The number of nitrogens with zero attached hydrogens (tertiary/aromatic N) is 2. The second-order valence-corrected chi connectivity index (χ2v) is 5.82. The monoisotopic (exact) mass is 340 g/mol. The van der Waals surface area contributed by atoms with Crippen LogP contribution in [0.1, 0.15) is 0 Å². The Morgan fingerprint density at radius 2 is 1.62 bits per heavy atom. The molecule has 0 amide bonds. The van der Waals surface area contributed by atoms with E-state index in [1.165, 1.54) is 0 Å². The van der Waals surface area contributed by atoms with Gasteiger partial charge >= 0.3 is 0 Å². The second-order valence-electron chi connectivity index (χ2n) is 5.82. The van der Waals surface area contributed by atoms with E-state index in [0.717, 1.165) is 26.2 Å². The van der Waals surface area contributed by atoms with E-state index in [1.807, 2.05) is 6.07 Å². The summed E-state index contributed by atoms with van der Waals surface area (Å²) in [5.74, 6) is 1.67. The number of aliphatic hydroxyl groups excluding tert-OH is 2. The van der Waals surface area contributed by atoms with Crippen LogP contribution in [0.25, 0.3) is 0 Å². The van der Waals surface area contributed by atoms with E-state index in [2.05, 4.69) is 9.80 Å². The lowest BCUT2D eigenvalue weighted by molar-refractivity contribution is 0.0417. The number of benzene rings is 1. The van der Waals surface area contributed by atoms with Crippen LogP contribution in [-0.4, -0.2) is 92.8 Å². The highest BCUT2D eigenvalue weighted by Crippen LogP contribution is 2.36. The van der Waals surface area contributed by atoms with Crippen molar-refractivity contribution < 1.29 is 24.4 Å². The predicted molar refractivity (Wildman–Crippen MR) is 91.0 cm³/mol. The molecular weight excluding hydrogens is 312 g/mol. The topological polar surface area (TPSA) is 74.6 Å². The number of piperazine rings is 1. The van der Waals surface area contributed by atoms with Crippen LogP contribution in [0.15, 0.2) is 18.2 Å². The van der Waals surface area contributed by atoms with Crippen molar-refractivity contribution in [3.63, 3.8) is 0 Å². The second kappa shape index (κ2) is 9.68. The van der Waals surface area contributed by atoms with Crippen molar-refractivity contribution in [3.05, 3.63) is 18.2 Å². The van der Waals surface area contributed by atoms with E-state index in [9.17, 15) is 5.11 Å². The number of para-hydroxylation sites is 1. The standard InChI is InChI=1S/C17H28N2O5/c1-22-15-4-3-5-16(23-2)17(15)24-13-14(21)12-19-8-6-18(7-9-19)10-11-20/h3-5,14,20-21H,6-13H2,1-2H3/t14-/m1/s1. The molecule has 2 rings (SSSR count). The quantitative estimate of drug-likeness (QED) is 0.658. The third kappa shape index (κ3) is 5.24. The lowest BCUT2D eigenvalue weighted by Gasteiger charge is -2.35. The molecule has 7 heteroatoms. The molecule has 0 bridgehead atoms.